The minimum atomic E-state index is -1.14. The van der Waals surface area contributed by atoms with Crippen LogP contribution in [0, 0.1) is 0 Å². The van der Waals surface area contributed by atoms with Crippen molar-refractivity contribution in [1.29, 1.82) is 0 Å². The van der Waals surface area contributed by atoms with E-state index in [9.17, 15) is 19.5 Å². The van der Waals surface area contributed by atoms with E-state index in [-0.39, 0.29) is 13.0 Å². The Kier molecular flexibility index (Phi) is 9.73. The van der Waals surface area contributed by atoms with Crippen molar-refractivity contribution in [3.8, 4) is 0 Å². The Morgan fingerprint density at radius 3 is 2.10 bits per heavy atom. The lowest BCUT2D eigenvalue weighted by Crippen LogP contribution is -2.52. The topological polar surface area (TPSA) is 105 Å². The average molecular weight is 431 g/mol. The highest BCUT2D eigenvalue weighted by Gasteiger charge is 2.27. The smallest absolute Gasteiger partial charge is 0.408 e. The highest BCUT2D eigenvalue weighted by molar-refractivity contribution is 7.98. The molecule has 0 spiro atoms. The van der Waals surface area contributed by atoms with E-state index in [4.69, 9.17) is 4.74 Å². The minimum Gasteiger partial charge on any atom is -0.480 e. The van der Waals surface area contributed by atoms with Gasteiger partial charge in [-0.3, -0.25) is 4.79 Å². The molecule has 0 heterocycles. The number of aliphatic carboxylic acids is 1. The molecule has 0 unspecified atom stereocenters. The Bertz CT molecular complexity index is 817. The lowest BCUT2D eigenvalue weighted by Gasteiger charge is -2.21. The summed E-state index contributed by atoms with van der Waals surface area (Å²) in [5.41, 5.74) is 1.62. The fourth-order valence-electron chi connectivity index (χ4n) is 2.73. The third-order valence-corrected chi connectivity index (χ3v) is 4.97. The van der Waals surface area contributed by atoms with Gasteiger partial charge < -0.3 is 20.5 Å². The molecule has 3 N–H and O–H groups in total. The third kappa shape index (κ3) is 8.16. The van der Waals surface area contributed by atoms with Gasteiger partial charge in [-0.15, -0.1) is 0 Å². The fourth-order valence-corrected chi connectivity index (χ4v) is 3.21. The molecule has 160 valence electrons. The number of ether oxygens (including phenoxy) is 1. The van der Waals surface area contributed by atoms with Crippen LogP contribution in [0.25, 0.3) is 0 Å². The van der Waals surface area contributed by atoms with E-state index in [2.05, 4.69) is 10.6 Å². The van der Waals surface area contributed by atoms with Crippen LogP contribution < -0.4 is 10.6 Å². The first kappa shape index (κ1) is 23.3. The molecule has 30 heavy (non-hydrogen) atoms. The van der Waals surface area contributed by atoms with Gasteiger partial charge in [-0.05, 0) is 29.6 Å². The van der Waals surface area contributed by atoms with Crippen LogP contribution in [-0.2, 0) is 27.4 Å². The molecule has 0 aliphatic rings. The molecule has 2 aromatic rings. The van der Waals surface area contributed by atoms with Crippen molar-refractivity contribution in [2.45, 2.75) is 31.5 Å². The van der Waals surface area contributed by atoms with E-state index in [1.807, 2.05) is 54.8 Å². The van der Waals surface area contributed by atoms with Gasteiger partial charge in [-0.1, -0.05) is 60.7 Å². The van der Waals surface area contributed by atoms with Gasteiger partial charge in [0.1, 0.15) is 18.7 Å². The van der Waals surface area contributed by atoms with Gasteiger partial charge in [0.2, 0.25) is 5.91 Å². The molecule has 2 amide bonds. The van der Waals surface area contributed by atoms with E-state index in [0.717, 1.165) is 11.1 Å². The summed E-state index contributed by atoms with van der Waals surface area (Å²) in [6.45, 7) is 0.0787. The van der Waals surface area contributed by atoms with E-state index < -0.39 is 30.1 Å². The molecule has 2 rings (SSSR count). The van der Waals surface area contributed by atoms with Crippen LogP contribution in [0.2, 0.25) is 0 Å². The van der Waals surface area contributed by atoms with E-state index in [1.54, 1.807) is 12.1 Å². The first-order chi connectivity index (χ1) is 14.5. The van der Waals surface area contributed by atoms with Crippen molar-refractivity contribution >= 4 is 29.7 Å². The van der Waals surface area contributed by atoms with Crippen LogP contribution >= 0.6 is 11.8 Å². The quantitative estimate of drug-likeness (QED) is 0.506. The van der Waals surface area contributed by atoms with Crippen molar-refractivity contribution in [1.82, 2.24) is 10.6 Å². The number of carboxylic acid groups (broad SMARTS) is 1. The number of rotatable bonds is 11. The number of nitrogens with one attached hydrogen (secondary N) is 2. The predicted octanol–water partition coefficient (Wildman–Crippen LogP) is 2.85. The second-order valence-electron chi connectivity index (χ2n) is 6.63. The zero-order valence-corrected chi connectivity index (χ0v) is 17.6. The number of carboxylic acids is 1. The number of hydrogen-bond acceptors (Lipinski definition) is 5. The van der Waals surface area contributed by atoms with Crippen LogP contribution in [0.4, 0.5) is 4.79 Å². The number of carbonyl (C=O) groups is 3. The standard InChI is InChI=1S/C22H26N2O5S/c1-30-13-12-18(24-22(28)29-15-17-10-6-3-7-11-17)20(25)23-19(21(26)27)14-16-8-4-2-5-9-16/h2-11,18-19H,12-15H2,1H3,(H,23,25)(H,24,28)(H,26,27)/t18-,19-/m0/s1. The highest BCUT2D eigenvalue weighted by atomic mass is 32.2. The van der Waals surface area contributed by atoms with Crippen LogP contribution in [0.3, 0.4) is 0 Å². The summed E-state index contributed by atoms with van der Waals surface area (Å²) in [7, 11) is 0. The second-order valence-corrected chi connectivity index (χ2v) is 7.61. The Balaban J connectivity index is 1.96. The minimum absolute atomic E-state index is 0.0787. The monoisotopic (exact) mass is 430 g/mol. The van der Waals surface area contributed by atoms with Crippen molar-refractivity contribution in [3.05, 3.63) is 71.8 Å². The average Bonchev–Trinajstić information content (AvgIpc) is 2.76. The normalized spacial score (nSPS) is 12.4. The van der Waals surface area contributed by atoms with Crippen molar-refractivity contribution in [3.63, 3.8) is 0 Å². The maximum absolute atomic E-state index is 12.7. The maximum atomic E-state index is 12.7. The zero-order valence-electron chi connectivity index (χ0n) is 16.7. The molecule has 0 saturated heterocycles. The molecular weight excluding hydrogens is 404 g/mol. The number of benzene rings is 2. The number of alkyl carbamates (subject to hydrolysis) is 1. The summed E-state index contributed by atoms with van der Waals surface area (Å²) in [4.78, 5) is 36.5. The Labute approximate surface area is 180 Å². The van der Waals surface area contributed by atoms with Crippen LogP contribution in [0.15, 0.2) is 60.7 Å². The molecule has 2 aromatic carbocycles. The zero-order chi connectivity index (χ0) is 21.8. The lowest BCUT2D eigenvalue weighted by molar-refractivity contribution is -0.142. The van der Waals surface area contributed by atoms with Gasteiger partial charge in [0.25, 0.3) is 0 Å². The maximum Gasteiger partial charge on any atom is 0.408 e. The highest BCUT2D eigenvalue weighted by Crippen LogP contribution is 2.07. The number of hydrogen-bond donors (Lipinski definition) is 3. The van der Waals surface area contributed by atoms with E-state index in [1.165, 1.54) is 11.8 Å². The number of carbonyl (C=O) groups excluding carboxylic acids is 2. The summed E-state index contributed by atoms with van der Waals surface area (Å²) in [5, 5.41) is 14.6. The summed E-state index contributed by atoms with van der Waals surface area (Å²) in [6, 6.07) is 16.2. The molecule has 0 aliphatic heterocycles. The molecule has 0 radical (unpaired) electrons. The summed E-state index contributed by atoms with van der Waals surface area (Å²) < 4.78 is 5.18. The molecule has 0 aromatic heterocycles. The molecule has 0 bridgehead atoms. The van der Waals surface area contributed by atoms with Gasteiger partial charge >= 0.3 is 12.1 Å². The Morgan fingerprint density at radius 2 is 1.53 bits per heavy atom. The van der Waals surface area contributed by atoms with Crippen molar-refractivity contribution in [2.24, 2.45) is 0 Å². The van der Waals surface area contributed by atoms with Gasteiger partial charge in [-0.2, -0.15) is 11.8 Å². The summed E-state index contributed by atoms with van der Waals surface area (Å²) in [5.74, 6) is -1.07. The van der Waals surface area contributed by atoms with Gasteiger partial charge in [-0.25, -0.2) is 9.59 Å². The fraction of sp³-hybridized carbons (Fsp3) is 0.318. The second kappa shape index (κ2) is 12.5. The van der Waals surface area contributed by atoms with E-state index >= 15 is 0 Å². The predicted molar refractivity (Wildman–Crippen MR) is 116 cm³/mol. The number of amides is 2. The third-order valence-electron chi connectivity index (χ3n) is 4.33. The SMILES string of the molecule is CSCC[C@H](NC(=O)OCc1ccccc1)C(=O)N[C@@H](Cc1ccccc1)C(=O)O. The first-order valence-electron chi connectivity index (χ1n) is 9.53. The Morgan fingerprint density at radius 1 is 0.933 bits per heavy atom. The summed E-state index contributed by atoms with van der Waals surface area (Å²) >= 11 is 1.52. The molecule has 8 heteroatoms. The van der Waals surface area contributed by atoms with Crippen LogP contribution in [-0.4, -0.2) is 47.2 Å². The molecule has 0 aliphatic carbocycles. The van der Waals surface area contributed by atoms with Gasteiger partial charge in [0.15, 0.2) is 0 Å². The van der Waals surface area contributed by atoms with Crippen molar-refractivity contribution in [2.75, 3.05) is 12.0 Å². The molecular formula is C22H26N2O5S. The molecule has 0 saturated carbocycles. The van der Waals surface area contributed by atoms with Gasteiger partial charge in [0, 0.05) is 6.42 Å². The summed E-state index contributed by atoms with van der Waals surface area (Å²) in [6.07, 6.45) is 1.66. The van der Waals surface area contributed by atoms with E-state index in [0.29, 0.717) is 12.2 Å². The molecule has 7 nitrogen and oxygen atoms in total. The molecule has 0 fully saturated rings. The lowest BCUT2D eigenvalue weighted by atomic mass is 10.1. The molecule has 2 atom stereocenters. The van der Waals surface area contributed by atoms with Crippen molar-refractivity contribution < 1.29 is 24.2 Å². The number of thioether (sulfide) groups is 1. The first-order valence-corrected chi connectivity index (χ1v) is 10.9. The van der Waals surface area contributed by atoms with Crippen LogP contribution in [0.5, 0.6) is 0 Å². The Hall–Kier alpha value is -3.00. The van der Waals surface area contributed by atoms with Crippen LogP contribution in [0.1, 0.15) is 17.5 Å². The van der Waals surface area contributed by atoms with Gasteiger partial charge in [0.05, 0.1) is 0 Å². The largest absolute Gasteiger partial charge is 0.480 e.